The Balaban J connectivity index is 1.30. The number of piperidine rings is 1. The van der Waals surface area contributed by atoms with E-state index >= 15 is 0 Å². The molecule has 0 saturated carbocycles. The van der Waals surface area contributed by atoms with Crippen LogP contribution >= 0.6 is 11.3 Å². The first kappa shape index (κ1) is 25.4. The van der Waals surface area contributed by atoms with Crippen LogP contribution in [0.15, 0.2) is 24.3 Å². The van der Waals surface area contributed by atoms with Crippen LogP contribution in [0.1, 0.15) is 47.7 Å². The highest BCUT2D eigenvalue weighted by Gasteiger charge is 2.40. The molecule has 1 atom stereocenters. The molecular formula is C25H26N6O6S. The van der Waals surface area contributed by atoms with Crippen LogP contribution in [0.3, 0.4) is 0 Å². The van der Waals surface area contributed by atoms with Gasteiger partial charge in [0.25, 0.3) is 5.91 Å². The number of imide groups is 1. The van der Waals surface area contributed by atoms with Crippen molar-refractivity contribution in [2.75, 3.05) is 19.5 Å². The van der Waals surface area contributed by atoms with Gasteiger partial charge in [-0.1, -0.05) is 0 Å². The summed E-state index contributed by atoms with van der Waals surface area (Å²) in [6, 6.07) is 5.45. The van der Waals surface area contributed by atoms with Crippen LogP contribution in [0.25, 0.3) is 10.2 Å². The summed E-state index contributed by atoms with van der Waals surface area (Å²) >= 11 is 1.39. The molecule has 5 rings (SSSR count). The molecule has 2 aliphatic rings. The van der Waals surface area contributed by atoms with Gasteiger partial charge in [-0.3, -0.25) is 25.0 Å². The Hall–Kier alpha value is -4.26. The summed E-state index contributed by atoms with van der Waals surface area (Å²) in [4.78, 5) is 60.0. The lowest BCUT2D eigenvalue weighted by molar-refractivity contribution is -0.136. The van der Waals surface area contributed by atoms with E-state index in [-0.39, 0.29) is 37.0 Å². The lowest BCUT2D eigenvalue weighted by atomic mass is 10.0. The van der Waals surface area contributed by atoms with Crippen molar-refractivity contribution in [1.29, 1.82) is 0 Å². The minimum atomic E-state index is -0.848. The maximum absolute atomic E-state index is 12.9. The summed E-state index contributed by atoms with van der Waals surface area (Å²) in [7, 11) is 3.15. The molecule has 1 unspecified atom stereocenters. The second kappa shape index (κ2) is 9.56. The van der Waals surface area contributed by atoms with Gasteiger partial charge < -0.3 is 19.7 Å². The highest BCUT2D eigenvalue weighted by Crippen LogP contribution is 2.40. The van der Waals surface area contributed by atoms with Crippen LogP contribution < -0.4 is 25.4 Å². The number of nitrogens with one attached hydrogen (secondary N) is 3. The number of hydrogen-bond donors (Lipinski definition) is 3. The number of anilines is 1. The number of thiazole rings is 1. The number of methoxy groups -OCH3 is 2. The third-order valence-electron chi connectivity index (χ3n) is 6.48. The summed E-state index contributed by atoms with van der Waals surface area (Å²) in [5.74, 6) is 0.341. The number of amides is 5. The Labute approximate surface area is 221 Å². The van der Waals surface area contributed by atoms with Gasteiger partial charge in [-0.25, -0.2) is 14.8 Å². The highest BCUT2D eigenvalue weighted by atomic mass is 32.1. The molecule has 1 saturated heterocycles. The Morgan fingerprint density at radius 2 is 1.84 bits per heavy atom. The maximum atomic E-state index is 12.9. The fourth-order valence-corrected chi connectivity index (χ4v) is 5.67. The lowest BCUT2D eigenvalue weighted by Gasteiger charge is -2.29. The molecule has 2 aliphatic heterocycles. The van der Waals surface area contributed by atoms with Crippen LogP contribution in [-0.4, -0.2) is 58.9 Å². The smallest absolute Gasteiger partial charge is 0.321 e. The Kier molecular flexibility index (Phi) is 6.39. The third kappa shape index (κ3) is 4.49. The highest BCUT2D eigenvalue weighted by molar-refractivity contribution is 7.19. The van der Waals surface area contributed by atoms with E-state index < -0.39 is 23.5 Å². The van der Waals surface area contributed by atoms with Gasteiger partial charge in [0.15, 0.2) is 0 Å². The van der Waals surface area contributed by atoms with Crippen LogP contribution in [-0.2, 0) is 21.7 Å². The van der Waals surface area contributed by atoms with Crippen molar-refractivity contribution in [1.82, 2.24) is 25.5 Å². The number of carbonyl (C=O) groups is 4. The van der Waals surface area contributed by atoms with E-state index in [9.17, 15) is 19.2 Å². The molecule has 2 aromatic heterocycles. The Morgan fingerprint density at radius 1 is 1.11 bits per heavy atom. The number of aromatic nitrogens is 2. The van der Waals surface area contributed by atoms with E-state index in [4.69, 9.17) is 14.5 Å². The van der Waals surface area contributed by atoms with Crippen LogP contribution in [0.2, 0.25) is 0 Å². The Morgan fingerprint density at radius 3 is 2.55 bits per heavy atom. The zero-order valence-corrected chi connectivity index (χ0v) is 22.0. The van der Waals surface area contributed by atoms with Gasteiger partial charge in [0, 0.05) is 6.42 Å². The normalized spacial score (nSPS) is 17.3. The van der Waals surface area contributed by atoms with Crippen molar-refractivity contribution in [3.8, 4) is 11.5 Å². The number of benzene rings is 1. The minimum Gasteiger partial charge on any atom is -0.495 e. The molecule has 3 N–H and O–H groups in total. The quantitative estimate of drug-likeness (QED) is 0.405. The number of fused-ring (bicyclic) bond motifs is 2. The van der Waals surface area contributed by atoms with E-state index in [0.29, 0.717) is 33.3 Å². The average Bonchev–Trinajstić information content (AvgIpc) is 3.46. The van der Waals surface area contributed by atoms with E-state index in [0.717, 1.165) is 4.70 Å². The molecule has 0 radical (unpaired) electrons. The fourth-order valence-electron chi connectivity index (χ4n) is 4.54. The molecule has 12 nitrogen and oxygen atoms in total. The van der Waals surface area contributed by atoms with E-state index in [1.807, 2.05) is 19.9 Å². The monoisotopic (exact) mass is 538 g/mol. The second-order valence-electron chi connectivity index (χ2n) is 9.46. The number of urea groups is 1. The largest absolute Gasteiger partial charge is 0.495 e. The van der Waals surface area contributed by atoms with Crippen LogP contribution in [0, 0.1) is 0 Å². The topological polar surface area (TPSA) is 152 Å². The number of nitrogens with zero attached hydrogens (tertiary/aromatic N) is 3. The first-order valence-corrected chi connectivity index (χ1v) is 12.7. The third-order valence-corrected chi connectivity index (χ3v) is 7.88. The van der Waals surface area contributed by atoms with Gasteiger partial charge in [0.2, 0.25) is 11.8 Å². The standard InChI is InChI=1S/C25H26N6O6S/c1-25(2,23-29-19-15(36-3)7-8-16(37-4)20(19)38-23)30-24(35)27-17-9-5-12-13(26-17)11-31(22(12)34)14-6-10-18(32)28-21(14)33/h5,7-9,14H,6,10-11H2,1-4H3,(H,28,32,33)(H2,26,27,30,35). The van der Waals surface area contributed by atoms with E-state index in [1.165, 1.54) is 22.3 Å². The summed E-state index contributed by atoms with van der Waals surface area (Å²) in [5.41, 5.74) is 0.604. The van der Waals surface area contributed by atoms with Crippen molar-refractivity contribution >= 4 is 51.1 Å². The summed E-state index contributed by atoms with van der Waals surface area (Å²) in [5, 5.41) is 8.55. The van der Waals surface area contributed by atoms with Gasteiger partial charge in [-0.2, -0.15) is 0 Å². The minimum absolute atomic E-state index is 0.110. The number of pyridine rings is 1. The van der Waals surface area contributed by atoms with Gasteiger partial charge in [0.05, 0.1) is 37.6 Å². The molecule has 198 valence electrons. The van der Waals surface area contributed by atoms with E-state index in [1.54, 1.807) is 26.4 Å². The second-order valence-corrected chi connectivity index (χ2v) is 10.5. The van der Waals surface area contributed by atoms with Gasteiger partial charge in [-0.05, 0) is 44.5 Å². The predicted molar refractivity (Wildman–Crippen MR) is 138 cm³/mol. The van der Waals surface area contributed by atoms with Crippen molar-refractivity contribution in [3.05, 3.63) is 40.5 Å². The fraction of sp³-hybridized carbons (Fsp3) is 0.360. The molecule has 4 heterocycles. The Bertz CT molecular complexity index is 1440. The van der Waals surface area contributed by atoms with Crippen molar-refractivity contribution in [2.24, 2.45) is 0 Å². The van der Waals surface area contributed by atoms with Gasteiger partial charge in [0.1, 0.15) is 38.6 Å². The first-order valence-electron chi connectivity index (χ1n) is 11.9. The molecule has 5 amide bonds. The molecule has 1 aromatic carbocycles. The molecular weight excluding hydrogens is 512 g/mol. The summed E-state index contributed by atoms with van der Waals surface area (Å²) in [6.45, 7) is 3.77. The van der Waals surface area contributed by atoms with Crippen LogP contribution in [0.5, 0.6) is 11.5 Å². The number of hydrogen-bond acceptors (Lipinski definition) is 9. The number of carbonyl (C=O) groups excluding carboxylic acids is 4. The zero-order chi connectivity index (χ0) is 27.2. The summed E-state index contributed by atoms with van der Waals surface area (Å²) in [6.07, 6.45) is 0.428. The lowest BCUT2D eigenvalue weighted by Crippen LogP contribution is -2.52. The van der Waals surface area contributed by atoms with Crippen molar-refractivity contribution in [3.63, 3.8) is 0 Å². The van der Waals surface area contributed by atoms with Gasteiger partial charge >= 0.3 is 6.03 Å². The number of ether oxygens (including phenoxy) is 2. The van der Waals surface area contributed by atoms with Gasteiger partial charge in [-0.15, -0.1) is 11.3 Å². The summed E-state index contributed by atoms with van der Waals surface area (Å²) < 4.78 is 11.7. The SMILES string of the molecule is COc1ccc(OC)c2sc(C(C)(C)NC(=O)Nc3ccc4c(n3)CN(C3CCC(=O)NC3=O)C4=O)nc12. The molecule has 0 spiro atoms. The molecule has 0 bridgehead atoms. The zero-order valence-electron chi connectivity index (χ0n) is 21.2. The average molecular weight is 539 g/mol. The van der Waals surface area contributed by atoms with Crippen LogP contribution in [0.4, 0.5) is 10.6 Å². The molecule has 3 aromatic rings. The number of rotatable bonds is 6. The maximum Gasteiger partial charge on any atom is 0.321 e. The molecule has 38 heavy (non-hydrogen) atoms. The van der Waals surface area contributed by atoms with Crippen molar-refractivity contribution in [2.45, 2.75) is 44.8 Å². The predicted octanol–water partition coefficient (Wildman–Crippen LogP) is 2.53. The van der Waals surface area contributed by atoms with E-state index in [2.05, 4.69) is 20.9 Å². The molecule has 0 aliphatic carbocycles. The molecule has 1 fully saturated rings. The molecule has 13 heteroatoms. The van der Waals surface area contributed by atoms with Crippen molar-refractivity contribution < 1.29 is 28.7 Å². The first-order chi connectivity index (χ1) is 18.1.